The topological polar surface area (TPSA) is 58.5 Å². The second-order valence-electron chi connectivity index (χ2n) is 5.41. The molecule has 0 radical (unpaired) electrons. The van der Waals surface area contributed by atoms with Gasteiger partial charge in [0, 0.05) is 25.1 Å². The molecular formula is C16H31IN4OS. The smallest absolute Gasteiger partial charge is 0.191 e. The van der Waals surface area contributed by atoms with E-state index in [1.165, 1.54) is 6.42 Å². The first-order valence-corrected chi connectivity index (χ1v) is 9.09. The first-order valence-electron chi connectivity index (χ1n) is 8.21. The number of aromatic nitrogens is 1. The van der Waals surface area contributed by atoms with Crippen molar-refractivity contribution in [3.05, 3.63) is 16.1 Å². The SMILES string of the molecule is CCCCOCCNC(=NCc1nc(C(C)C)cs1)NCC.I. The van der Waals surface area contributed by atoms with E-state index in [1.807, 2.05) is 0 Å². The van der Waals surface area contributed by atoms with Gasteiger partial charge in [0.15, 0.2) is 5.96 Å². The maximum atomic E-state index is 5.54. The Kier molecular flexibility index (Phi) is 13.7. The van der Waals surface area contributed by atoms with Crippen molar-refractivity contribution in [3.63, 3.8) is 0 Å². The Morgan fingerprint density at radius 1 is 1.30 bits per heavy atom. The molecule has 0 aliphatic carbocycles. The number of halogens is 1. The fraction of sp³-hybridized carbons (Fsp3) is 0.750. The summed E-state index contributed by atoms with van der Waals surface area (Å²) >= 11 is 1.68. The summed E-state index contributed by atoms with van der Waals surface area (Å²) in [5, 5.41) is 9.71. The van der Waals surface area contributed by atoms with Gasteiger partial charge in [-0.05, 0) is 19.3 Å². The quantitative estimate of drug-likeness (QED) is 0.245. The molecule has 0 aliphatic rings. The Labute approximate surface area is 161 Å². The van der Waals surface area contributed by atoms with E-state index in [0.717, 1.165) is 42.8 Å². The van der Waals surface area contributed by atoms with E-state index in [4.69, 9.17) is 4.74 Å². The average molecular weight is 454 g/mol. The first kappa shape index (κ1) is 22.6. The molecule has 0 spiro atoms. The molecule has 1 rings (SSSR count). The van der Waals surface area contributed by atoms with Crippen molar-refractivity contribution in [2.24, 2.45) is 4.99 Å². The normalized spacial score (nSPS) is 11.4. The summed E-state index contributed by atoms with van der Waals surface area (Å²) in [5.41, 5.74) is 1.15. The highest BCUT2D eigenvalue weighted by molar-refractivity contribution is 14.0. The molecular weight excluding hydrogens is 423 g/mol. The number of hydrogen-bond acceptors (Lipinski definition) is 4. The molecule has 0 saturated heterocycles. The van der Waals surface area contributed by atoms with Gasteiger partial charge in [-0.25, -0.2) is 9.98 Å². The van der Waals surface area contributed by atoms with Gasteiger partial charge in [-0.2, -0.15) is 0 Å². The molecule has 0 aromatic carbocycles. The van der Waals surface area contributed by atoms with Crippen LogP contribution in [0.1, 0.15) is 57.2 Å². The summed E-state index contributed by atoms with van der Waals surface area (Å²) in [5.74, 6) is 1.29. The molecule has 7 heteroatoms. The number of aliphatic imine (C=N–C) groups is 1. The fourth-order valence-electron chi connectivity index (χ4n) is 1.74. The molecule has 1 aromatic rings. The van der Waals surface area contributed by atoms with Crippen molar-refractivity contribution in [1.82, 2.24) is 15.6 Å². The minimum atomic E-state index is 0. The van der Waals surface area contributed by atoms with E-state index >= 15 is 0 Å². The van der Waals surface area contributed by atoms with Crippen molar-refractivity contribution < 1.29 is 4.74 Å². The molecule has 2 N–H and O–H groups in total. The lowest BCUT2D eigenvalue weighted by molar-refractivity contribution is 0.136. The predicted octanol–water partition coefficient (Wildman–Crippen LogP) is 3.76. The lowest BCUT2D eigenvalue weighted by Gasteiger charge is -2.11. The van der Waals surface area contributed by atoms with Crippen LogP contribution in [-0.4, -0.2) is 37.2 Å². The second-order valence-corrected chi connectivity index (χ2v) is 6.35. The third kappa shape index (κ3) is 10.1. The predicted molar refractivity (Wildman–Crippen MR) is 110 cm³/mol. The zero-order valence-electron chi connectivity index (χ0n) is 14.7. The molecule has 134 valence electrons. The van der Waals surface area contributed by atoms with Crippen molar-refractivity contribution in [1.29, 1.82) is 0 Å². The lowest BCUT2D eigenvalue weighted by atomic mass is 10.2. The van der Waals surface area contributed by atoms with E-state index in [9.17, 15) is 0 Å². The number of hydrogen-bond donors (Lipinski definition) is 2. The average Bonchev–Trinajstić information content (AvgIpc) is 2.97. The molecule has 0 saturated carbocycles. The number of ether oxygens (including phenoxy) is 1. The highest BCUT2D eigenvalue weighted by Gasteiger charge is 2.05. The molecule has 0 atom stereocenters. The fourth-order valence-corrected chi connectivity index (χ4v) is 2.62. The van der Waals surface area contributed by atoms with Crippen molar-refractivity contribution in [2.45, 2.75) is 53.0 Å². The van der Waals surface area contributed by atoms with Crippen LogP contribution in [0.3, 0.4) is 0 Å². The molecule has 0 unspecified atom stereocenters. The highest BCUT2D eigenvalue weighted by Crippen LogP contribution is 2.18. The number of thiazole rings is 1. The number of guanidine groups is 1. The van der Waals surface area contributed by atoms with Gasteiger partial charge in [0.05, 0.1) is 18.8 Å². The van der Waals surface area contributed by atoms with E-state index < -0.39 is 0 Å². The van der Waals surface area contributed by atoms with Gasteiger partial charge in [-0.3, -0.25) is 0 Å². The molecule has 0 aliphatic heterocycles. The summed E-state index contributed by atoms with van der Waals surface area (Å²) in [6, 6.07) is 0. The maximum Gasteiger partial charge on any atom is 0.191 e. The van der Waals surface area contributed by atoms with Crippen LogP contribution in [0.2, 0.25) is 0 Å². The van der Waals surface area contributed by atoms with Crippen molar-refractivity contribution in [2.75, 3.05) is 26.3 Å². The molecule has 0 fully saturated rings. The van der Waals surface area contributed by atoms with Gasteiger partial charge < -0.3 is 15.4 Å². The molecule has 1 heterocycles. The molecule has 23 heavy (non-hydrogen) atoms. The summed E-state index contributed by atoms with van der Waals surface area (Å²) in [7, 11) is 0. The van der Waals surface area contributed by atoms with Crippen LogP contribution in [-0.2, 0) is 11.3 Å². The summed E-state index contributed by atoms with van der Waals surface area (Å²) in [4.78, 5) is 9.18. The second kappa shape index (κ2) is 14.0. The van der Waals surface area contributed by atoms with Crippen LogP contribution in [0, 0.1) is 0 Å². The van der Waals surface area contributed by atoms with Crippen LogP contribution >= 0.6 is 35.3 Å². The highest BCUT2D eigenvalue weighted by atomic mass is 127. The zero-order chi connectivity index (χ0) is 16.2. The lowest BCUT2D eigenvalue weighted by Crippen LogP contribution is -2.39. The monoisotopic (exact) mass is 454 g/mol. The van der Waals surface area contributed by atoms with Gasteiger partial charge in [0.25, 0.3) is 0 Å². The Morgan fingerprint density at radius 2 is 2.09 bits per heavy atom. The van der Waals surface area contributed by atoms with E-state index in [0.29, 0.717) is 19.1 Å². The van der Waals surface area contributed by atoms with Crippen LogP contribution in [0.25, 0.3) is 0 Å². The van der Waals surface area contributed by atoms with Gasteiger partial charge >= 0.3 is 0 Å². The van der Waals surface area contributed by atoms with Crippen LogP contribution in [0.4, 0.5) is 0 Å². The summed E-state index contributed by atoms with van der Waals surface area (Å²) < 4.78 is 5.54. The number of nitrogens with zero attached hydrogens (tertiary/aromatic N) is 2. The van der Waals surface area contributed by atoms with E-state index in [-0.39, 0.29) is 24.0 Å². The maximum absolute atomic E-state index is 5.54. The number of rotatable bonds is 10. The van der Waals surface area contributed by atoms with Gasteiger partial charge in [0.1, 0.15) is 5.01 Å². The molecule has 5 nitrogen and oxygen atoms in total. The van der Waals surface area contributed by atoms with E-state index in [2.05, 4.69) is 53.7 Å². The Bertz CT molecular complexity index is 437. The van der Waals surface area contributed by atoms with E-state index in [1.54, 1.807) is 11.3 Å². The van der Waals surface area contributed by atoms with Crippen molar-refractivity contribution in [3.8, 4) is 0 Å². The van der Waals surface area contributed by atoms with Crippen LogP contribution in [0.5, 0.6) is 0 Å². The molecule has 1 aromatic heterocycles. The summed E-state index contributed by atoms with van der Waals surface area (Å²) in [6.45, 7) is 12.3. The Balaban J connectivity index is 0.00000484. The standard InChI is InChI=1S/C16H30N4OS.HI/c1-5-7-9-21-10-8-18-16(17-6-2)19-11-15-20-14(12-22-15)13(3)4;/h12-13H,5-11H2,1-4H3,(H2,17,18,19);1H. The van der Waals surface area contributed by atoms with Crippen LogP contribution in [0.15, 0.2) is 10.4 Å². The first-order chi connectivity index (χ1) is 10.7. The number of unbranched alkanes of at least 4 members (excludes halogenated alkanes) is 1. The molecule has 0 amide bonds. The minimum absolute atomic E-state index is 0. The minimum Gasteiger partial charge on any atom is -0.380 e. The number of nitrogens with one attached hydrogen (secondary N) is 2. The third-order valence-electron chi connectivity index (χ3n) is 3.06. The van der Waals surface area contributed by atoms with Crippen molar-refractivity contribution >= 4 is 41.3 Å². The Hall–Kier alpha value is -0.410. The van der Waals surface area contributed by atoms with Gasteiger partial charge in [0.2, 0.25) is 0 Å². The third-order valence-corrected chi connectivity index (χ3v) is 3.91. The zero-order valence-corrected chi connectivity index (χ0v) is 17.9. The molecule has 0 bridgehead atoms. The Morgan fingerprint density at radius 3 is 2.70 bits per heavy atom. The summed E-state index contributed by atoms with van der Waals surface area (Å²) in [6.07, 6.45) is 2.29. The van der Waals surface area contributed by atoms with Gasteiger partial charge in [-0.15, -0.1) is 35.3 Å². The van der Waals surface area contributed by atoms with Gasteiger partial charge in [-0.1, -0.05) is 27.2 Å². The largest absolute Gasteiger partial charge is 0.380 e. The van der Waals surface area contributed by atoms with Crippen LogP contribution < -0.4 is 10.6 Å².